The monoisotopic (exact) mass is 484 g/mol. The molecule has 0 bridgehead atoms. The lowest BCUT2D eigenvalue weighted by atomic mass is 9.43. The fraction of sp³-hybridized carbons (Fsp3) is 0.828. The van der Waals surface area contributed by atoms with Gasteiger partial charge in [0.1, 0.15) is 0 Å². The summed E-state index contributed by atoms with van der Waals surface area (Å²) >= 11 is 0. The van der Waals surface area contributed by atoms with Crippen LogP contribution in [0.25, 0.3) is 0 Å². The first-order valence-electron chi connectivity index (χ1n) is 14.2. The summed E-state index contributed by atoms with van der Waals surface area (Å²) in [5.74, 6) is 1.99. The number of rotatable bonds is 3. The van der Waals surface area contributed by atoms with Crippen LogP contribution in [-0.2, 0) is 4.74 Å². The Morgan fingerprint density at radius 2 is 1.94 bits per heavy atom. The molecule has 5 aliphatic rings. The molecule has 1 unspecified atom stereocenters. The number of aliphatic hydroxyl groups is 1. The van der Waals surface area contributed by atoms with Crippen molar-refractivity contribution in [2.45, 2.75) is 95.3 Å². The zero-order valence-corrected chi connectivity index (χ0v) is 21.6. The third kappa shape index (κ3) is 3.61. The Morgan fingerprint density at radius 3 is 2.71 bits per heavy atom. The van der Waals surface area contributed by atoms with Crippen LogP contribution in [0.1, 0.15) is 83.1 Å². The summed E-state index contributed by atoms with van der Waals surface area (Å²) in [6, 6.07) is 4.12. The van der Waals surface area contributed by atoms with Gasteiger partial charge in [-0.05, 0) is 98.5 Å². The van der Waals surface area contributed by atoms with Crippen LogP contribution in [0.3, 0.4) is 0 Å². The molecule has 0 spiro atoms. The number of nitrogens with two attached hydrogens (primary N) is 1. The summed E-state index contributed by atoms with van der Waals surface area (Å²) in [6.45, 7) is 8.33. The second-order valence-corrected chi connectivity index (χ2v) is 13.0. The van der Waals surface area contributed by atoms with Crippen LogP contribution in [0, 0.1) is 28.6 Å². The quantitative estimate of drug-likeness (QED) is 0.676. The summed E-state index contributed by atoms with van der Waals surface area (Å²) in [4.78, 5) is 14.2. The molecular formula is C29H44N2O4. The van der Waals surface area contributed by atoms with Gasteiger partial charge in [-0.1, -0.05) is 13.8 Å². The van der Waals surface area contributed by atoms with Gasteiger partial charge in [0, 0.05) is 37.2 Å². The van der Waals surface area contributed by atoms with E-state index in [1.807, 2.05) is 6.07 Å². The number of morpholine rings is 1. The molecule has 4 saturated carbocycles. The lowest BCUT2D eigenvalue weighted by molar-refractivity contribution is -0.204. The van der Waals surface area contributed by atoms with E-state index < -0.39 is 5.60 Å². The van der Waals surface area contributed by atoms with Gasteiger partial charge in [-0.15, -0.1) is 0 Å². The van der Waals surface area contributed by atoms with Gasteiger partial charge in [0.25, 0.3) is 0 Å². The maximum absolute atomic E-state index is 12.4. The molecule has 6 nitrogen and oxygen atoms in total. The number of hydrogen-bond donors (Lipinski definition) is 2. The van der Waals surface area contributed by atoms with Crippen molar-refractivity contribution in [1.82, 2.24) is 4.90 Å². The van der Waals surface area contributed by atoms with E-state index in [0.717, 1.165) is 56.9 Å². The highest BCUT2D eigenvalue weighted by Crippen LogP contribution is 2.70. The van der Waals surface area contributed by atoms with E-state index in [1.165, 1.54) is 38.2 Å². The Kier molecular flexibility index (Phi) is 5.99. The third-order valence-electron chi connectivity index (χ3n) is 11.9. The molecule has 0 aromatic carbocycles. The average molecular weight is 485 g/mol. The maximum atomic E-state index is 12.4. The number of fused-ring (bicyclic) bond motifs is 5. The normalized spacial score (nSPS) is 48.1. The lowest BCUT2D eigenvalue weighted by Gasteiger charge is -2.64. The highest BCUT2D eigenvalue weighted by molar-refractivity contribution is 5.27. The number of nitrogens with zero attached hydrogens (tertiary/aromatic N) is 1. The first kappa shape index (κ1) is 24.1. The van der Waals surface area contributed by atoms with Crippen molar-refractivity contribution in [2.75, 3.05) is 26.2 Å². The third-order valence-corrected chi connectivity index (χ3v) is 11.9. The second kappa shape index (κ2) is 8.68. The van der Waals surface area contributed by atoms with Crippen LogP contribution >= 0.6 is 0 Å². The number of hydrogen-bond acceptors (Lipinski definition) is 6. The second-order valence-electron chi connectivity index (χ2n) is 13.0. The van der Waals surface area contributed by atoms with Crippen molar-refractivity contribution in [3.8, 4) is 0 Å². The Labute approximate surface area is 209 Å². The van der Waals surface area contributed by atoms with Gasteiger partial charge in [0.2, 0.25) is 0 Å². The van der Waals surface area contributed by atoms with Crippen LogP contribution in [0.2, 0.25) is 0 Å². The highest BCUT2D eigenvalue weighted by atomic mass is 16.5. The minimum Gasteiger partial charge on any atom is -0.431 e. The van der Waals surface area contributed by atoms with Gasteiger partial charge in [-0.25, -0.2) is 4.79 Å². The molecule has 5 fully saturated rings. The summed E-state index contributed by atoms with van der Waals surface area (Å²) in [5, 5.41) is 12.4. The molecule has 1 aromatic heterocycles. The van der Waals surface area contributed by atoms with Crippen LogP contribution in [-0.4, -0.2) is 54.0 Å². The van der Waals surface area contributed by atoms with Gasteiger partial charge in [-0.3, -0.25) is 4.90 Å². The molecule has 1 saturated heterocycles. The van der Waals surface area contributed by atoms with Crippen molar-refractivity contribution >= 4 is 0 Å². The molecule has 0 radical (unpaired) electrons. The molecule has 4 aliphatic carbocycles. The zero-order chi connectivity index (χ0) is 24.4. The first-order valence-corrected chi connectivity index (χ1v) is 14.2. The molecule has 9 atom stereocenters. The predicted octanol–water partition coefficient (Wildman–Crippen LogP) is 3.91. The fourth-order valence-corrected chi connectivity index (χ4v) is 9.85. The smallest absolute Gasteiger partial charge is 0.335 e. The first-order chi connectivity index (χ1) is 16.8. The molecule has 35 heavy (non-hydrogen) atoms. The van der Waals surface area contributed by atoms with Gasteiger partial charge in [0.05, 0.1) is 24.6 Å². The topological polar surface area (TPSA) is 88.9 Å². The van der Waals surface area contributed by atoms with Crippen LogP contribution in [0.15, 0.2) is 27.6 Å². The standard InChI is InChI=1S/C29H44N2O4/c1-27-10-7-21(31-13-14-34-22(16-30)17-31)15-20(27)4-5-25-24(27)8-11-28(2)23(9-12-29(25,28)33)19-3-6-26(32)35-18-19/h3,6,18,20-25,33H,4-5,7-17,30H2,1-2H3/t20-,21+,22?,23-,24+,25-,27+,28-,29+/m1/s1. The lowest BCUT2D eigenvalue weighted by Crippen LogP contribution is -2.62. The molecule has 0 amide bonds. The molecule has 6 rings (SSSR count). The van der Waals surface area contributed by atoms with Crippen LogP contribution in [0.4, 0.5) is 0 Å². The minimum atomic E-state index is -0.625. The minimum absolute atomic E-state index is 0.153. The molecular weight excluding hydrogens is 440 g/mol. The summed E-state index contributed by atoms with van der Waals surface area (Å²) in [7, 11) is 0. The van der Waals surface area contributed by atoms with Crippen LogP contribution in [0.5, 0.6) is 0 Å². The van der Waals surface area contributed by atoms with E-state index in [2.05, 4.69) is 18.7 Å². The molecule has 2 heterocycles. The summed E-state index contributed by atoms with van der Waals surface area (Å²) < 4.78 is 11.1. The molecule has 6 heteroatoms. The summed E-state index contributed by atoms with van der Waals surface area (Å²) in [6.07, 6.45) is 12.2. The number of ether oxygens (including phenoxy) is 1. The Hall–Kier alpha value is -1.21. The molecule has 194 valence electrons. The van der Waals surface area contributed by atoms with Crippen molar-refractivity contribution in [1.29, 1.82) is 0 Å². The zero-order valence-electron chi connectivity index (χ0n) is 21.6. The molecule has 1 aliphatic heterocycles. The summed E-state index contributed by atoms with van der Waals surface area (Å²) in [5.41, 5.74) is 6.26. The van der Waals surface area contributed by atoms with Crippen molar-refractivity contribution in [2.24, 2.45) is 34.3 Å². The van der Waals surface area contributed by atoms with Crippen molar-refractivity contribution in [3.63, 3.8) is 0 Å². The SMILES string of the molecule is C[C@]12CC[C@H](N3CCOC(CN)C3)C[C@H]1CC[C@@H]1[C@@H]2CC[C@]2(C)[C@@H](c3ccc(=O)oc3)CC[C@]12O. The van der Waals surface area contributed by atoms with Gasteiger partial charge >= 0.3 is 5.63 Å². The predicted molar refractivity (Wildman–Crippen MR) is 135 cm³/mol. The van der Waals surface area contributed by atoms with Gasteiger partial charge < -0.3 is 20.0 Å². The van der Waals surface area contributed by atoms with E-state index in [1.54, 1.807) is 6.26 Å². The van der Waals surface area contributed by atoms with Crippen molar-refractivity contribution < 1.29 is 14.3 Å². The van der Waals surface area contributed by atoms with E-state index in [9.17, 15) is 9.90 Å². The van der Waals surface area contributed by atoms with Gasteiger partial charge in [-0.2, -0.15) is 0 Å². The Morgan fingerprint density at radius 1 is 1.09 bits per heavy atom. The highest BCUT2D eigenvalue weighted by Gasteiger charge is 2.67. The molecule has 3 N–H and O–H groups in total. The van der Waals surface area contributed by atoms with E-state index in [-0.39, 0.29) is 23.1 Å². The van der Waals surface area contributed by atoms with E-state index in [0.29, 0.717) is 29.8 Å². The van der Waals surface area contributed by atoms with E-state index in [4.69, 9.17) is 14.9 Å². The van der Waals surface area contributed by atoms with Crippen molar-refractivity contribution in [3.05, 3.63) is 34.4 Å². The van der Waals surface area contributed by atoms with Gasteiger partial charge in [0.15, 0.2) is 0 Å². The molecule has 1 aromatic rings. The van der Waals surface area contributed by atoms with E-state index >= 15 is 0 Å². The Bertz CT molecular complexity index is 977. The fourth-order valence-electron chi connectivity index (χ4n) is 9.85. The average Bonchev–Trinajstić information content (AvgIpc) is 3.15. The largest absolute Gasteiger partial charge is 0.431 e. The Balaban J connectivity index is 1.21. The maximum Gasteiger partial charge on any atom is 0.335 e. The van der Waals surface area contributed by atoms with Crippen LogP contribution < -0.4 is 11.4 Å².